The van der Waals surface area contributed by atoms with Crippen molar-refractivity contribution in [3.05, 3.63) is 28.8 Å². The van der Waals surface area contributed by atoms with E-state index in [-0.39, 0.29) is 16.3 Å². The molecule has 90 valence electrons. The summed E-state index contributed by atoms with van der Waals surface area (Å²) < 4.78 is 7.30. The van der Waals surface area contributed by atoms with E-state index in [1.165, 1.54) is 6.07 Å². The van der Waals surface area contributed by atoms with Crippen LogP contribution in [0, 0.1) is 0 Å². The lowest BCUT2D eigenvalue weighted by atomic mass is 10.4. The van der Waals surface area contributed by atoms with Gasteiger partial charge in [-0.2, -0.15) is 5.10 Å². The summed E-state index contributed by atoms with van der Waals surface area (Å²) in [4.78, 5) is 0. The maximum absolute atomic E-state index is 5.83. The fraction of sp³-hybridized carbons (Fsp3) is 0.300. The normalized spacial score (nSPS) is 10.9. The van der Waals surface area contributed by atoms with E-state index in [0.29, 0.717) is 11.5 Å². The topological polar surface area (TPSA) is 52.8 Å². The van der Waals surface area contributed by atoms with Crippen LogP contribution in [0.4, 0.5) is 0 Å². The summed E-state index contributed by atoms with van der Waals surface area (Å²) in [5, 5.41) is 11.8. The maximum Gasteiger partial charge on any atom is 0.194 e. The van der Waals surface area contributed by atoms with Crippen LogP contribution in [0.1, 0.15) is 19.9 Å². The van der Waals surface area contributed by atoms with Gasteiger partial charge in [0, 0.05) is 12.1 Å². The molecule has 2 heterocycles. The predicted octanol–water partition coefficient (Wildman–Crippen LogP) is 3.35. The fourth-order valence-corrected chi connectivity index (χ4v) is 1.46. The fourth-order valence-electron chi connectivity index (χ4n) is 1.19. The standard InChI is InChI=1S/C10H10Cl2N4O/c1-6(2)16-5-7(4-13-16)17-8-3-9(11)14-15-10(8)12/h3-6H,1-2H3. The van der Waals surface area contributed by atoms with E-state index >= 15 is 0 Å². The Morgan fingerprint density at radius 3 is 2.71 bits per heavy atom. The molecule has 0 aliphatic heterocycles. The van der Waals surface area contributed by atoms with E-state index < -0.39 is 0 Å². The van der Waals surface area contributed by atoms with Crippen molar-refractivity contribution in [2.45, 2.75) is 19.9 Å². The highest BCUT2D eigenvalue weighted by Crippen LogP contribution is 2.28. The number of rotatable bonds is 3. The highest BCUT2D eigenvalue weighted by Gasteiger charge is 2.09. The highest BCUT2D eigenvalue weighted by atomic mass is 35.5. The molecule has 0 aliphatic rings. The number of hydrogen-bond donors (Lipinski definition) is 0. The zero-order valence-electron chi connectivity index (χ0n) is 9.26. The Kier molecular flexibility index (Phi) is 3.49. The van der Waals surface area contributed by atoms with Crippen LogP contribution < -0.4 is 4.74 Å². The quantitative estimate of drug-likeness (QED) is 0.860. The largest absolute Gasteiger partial charge is 0.451 e. The summed E-state index contributed by atoms with van der Waals surface area (Å²) in [5.74, 6) is 0.930. The molecule has 0 saturated heterocycles. The molecule has 2 aromatic heterocycles. The summed E-state index contributed by atoms with van der Waals surface area (Å²) in [6.07, 6.45) is 3.37. The molecule has 17 heavy (non-hydrogen) atoms. The van der Waals surface area contributed by atoms with Crippen LogP contribution in [-0.2, 0) is 0 Å². The van der Waals surface area contributed by atoms with E-state index in [0.717, 1.165) is 0 Å². The molecule has 0 saturated carbocycles. The van der Waals surface area contributed by atoms with E-state index in [4.69, 9.17) is 27.9 Å². The summed E-state index contributed by atoms with van der Waals surface area (Å²) >= 11 is 11.5. The van der Waals surface area contributed by atoms with Crippen molar-refractivity contribution < 1.29 is 4.74 Å². The average Bonchev–Trinajstić information content (AvgIpc) is 2.72. The number of nitrogens with zero attached hydrogens (tertiary/aromatic N) is 4. The van der Waals surface area contributed by atoms with E-state index in [9.17, 15) is 0 Å². The minimum atomic E-state index is 0.159. The predicted molar refractivity (Wildman–Crippen MR) is 64.7 cm³/mol. The molecule has 2 rings (SSSR count). The van der Waals surface area contributed by atoms with Crippen LogP contribution in [0.15, 0.2) is 18.5 Å². The maximum atomic E-state index is 5.83. The third-order valence-corrected chi connectivity index (χ3v) is 2.47. The molecule has 7 heteroatoms. The lowest BCUT2D eigenvalue weighted by Gasteiger charge is -2.05. The van der Waals surface area contributed by atoms with Gasteiger partial charge < -0.3 is 4.74 Å². The molecular formula is C10H10Cl2N4O. The molecular weight excluding hydrogens is 263 g/mol. The van der Waals surface area contributed by atoms with E-state index in [1.54, 1.807) is 17.1 Å². The second-order valence-corrected chi connectivity index (χ2v) is 4.42. The molecule has 0 radical (unpaired) electrons. The van der Waals surface area contributed by atoms with E-state index in [2.05, 4.69) is 15.3 Å². The number of ether oxygens (including phenoxy) is 1. The van der Waals surface area contributed by atoms with Gasteiger partial charge in [0.2, 0.25) is 0 Å². The molecule has 0 fully saturated rings. The first-order valence-electron chi connectivity index (χ1n) is 4.97. The molecule has 2 aromatic rings. The van der Waals surface area contributed by atoms with Gasteiger partial charge in [0.05, 0.1) is 12.4 Å². The highest BCUT2D eigenvalue weighted by molar-refractivity contribution is 6.32. The van der Waals surface area contributed by atoms with Gasteiger partial charge in [-0.3, -0.25) is 4.68 Å². The van der Waals surface area contributed by atoms with Crippen LogP contribution in [0.25, 0.3) is 0 Å². The summed E-state index contributed by atoms with van der Waals surface area (Å²) in [6.45, 7) is 4.04. The van der Waals surface area contributed by atoms with Crippen molar-refractivity contribution in [1.29, 1.82) is 0 Å². The third-order valence-electron chi connectivity index (χ3n) is 2.02. The first-order chi connectivity index (χ1) is 8.06. The van der Waals surface area contributed by atoms with Crippen LogP contribution in [0.2, 0.25) is 10.3 Å². The van der Waals surface area contributed by atoms with Crippen molar-refractivity contribution in [2.75, 3.05) is 0 Å². The van der Waals surface area contributed by atoms with Crippen LogP contribution in [-0.4, -0.2) is 20.0 Å². The molecule has 0 aromatic carbocycles. The Labute approximate surface area is 108 Å². The number of hydrogen-bond acceptors (Lipinski definition) is 4. The third kappa shape index (κ3) is 2.87. The molecule has 0 N–H and O–H groups in total. The van der Waals surface area contributed by atoms with Gasteiger partial charge in [-0.15, -0.1) is 10.2 Å². The Morgan fingerprint density at radius 2 is 2.06 bits per heavy atom. The van der Waals surface area contributed by atoms with E-state index in [1.807, 2.05) is 13.8 Å². The Morgan fingerprint density at radius 1 is 1.29 bits per heavy atom. The van der Waals surface area contributed by atoms with Gasteiger partial charge in [0.25, 0.3) is 0 Å². The molecule has 0 bridgehead atoms. The van der Waals surface area contributed by atoms with Gasteiger partial charge in [-0.05, 0) is 13.8 Å². The van der Waals surface area contributed by atoms with Gasteiger partial charge >= 0.3 is 0 Å². The summed E-state index contributed by atoms with van der Waals surface area (Å²) in [7, 11) is 0. The van der Waals surface area contributed by atoms with Crippen LogP contribution >= 0.6 is 23.2 Å². The zero-order chi connectivity index (χ0) is 12.4. The molecule has 0 atom stereocenters. The molecule has 0 amide bonds. The van der Waals surface area contributed by atoms with Gasteiger partial charge in [-0.25, -0.2) is 0 Å². The molecule has 0 unspecified atom stereocenters. The minimum absolute atomic E-state index is 0.159. The average molecular weight is 273 g/mol. The monoisotopic (exact) mass is 272 g/mol. The van der Waals surface area contributed by atoms with Gasteiger partial charge in [-0.1, -0.05) is 23.2 Å². The Balaban J connectivity index is 2.22. The first kappa shape index (κ1) is 12.1. The van der Waals surface area contributed by atoms with Crippen molar-refractivity contribution >= 4 is 23.2 Å². The minimum Gasteiger partial charge on any atom is -0.451 e. The van der Waals surface area contributed by atoms with Gasteiger partial charge in [0.15, 0.2) is 21.8 Å². The van der Waals surface area contributed by atoms with Crippen LogP contribution in [0.5, 0.6) is 11.5 Å². The van der Waals surface area contributed by atoms with Crippen molar-refractivity contribution in [1.82, 2.24) is 20.0 Å². The molecule has 0 spiro atoms. The first-order valence-corrected chi connectivity index (χ1v) is 5.72. The van der Waals surface area contributed by atoms with Gasteiger partial charge in [0.1, 0.15) is 0 Å². The lowest BCUT2D eigenvalue weighted by molar-refractivity contribution is 0.473. The van der Waals surface area contributed by atoms with Crippen molar-refractivity contribution in [2.24, 2.45) is 0 Å². The Bertz CT molecular complexity index is 527. The SMILES string of the molecule is CC(C)n1cc(Oc2cc(Cl)nnc2Cl)cn1. The summed E-state index contributed by atoms with van der Waals surface area (Å²) in [6, 6.07) is 1.77. The second kappa shape index (κ2) is 4.89. The Hall–Kier alpha value is -1.33. The van der Waals surface area contributed by atoms with Crippen molar-refractivity contribution in [3.8, 4) is 11.5 Å². The number of halogens is 2. The molecule has 0 aliphatic carbocycles. The summed E-state index contributed by atoms with van der Waals surface area (Å²) in [5.41, 5.74) is 0. The lowest BCUT2D eigenvalue weighted by Crippen LogP contribution is -1.99. The smallest absolute Gasteiger partial charge is 0.194 e. The zero-order valence-corrected chi connectivity index (χ0v) is 10.8. The second-order valence-electron chi connectivity index (χ2n) is 3.67. The molecule has 5 nitrogen and oxygen atoms in total. The van der Waals surface area contributed by atoms with Crippen LogP contribution in [0.3, 0.4) is 0 Å². The number of aromatic nitrogens is 4. The van der Waals surface area contributed by atoms with Crippen molar-refractivity contribution in [3.63, 3.8) is 0 Å².